The molecule has 128 valence electrons. The molecule has 0 spiro atoms. The topological polar surface area (TPSA) is 58.2 Å². The maximum absolute atomic E-state index is 11.8. The quantitative estimate of drug-likeness (QED) is 0.696. The van der Waals surface area contributed by atoms with Crippen LogP contribution in [0.2, 0.25) is 0 Å². The van der Waals surface area contributed by atoms with Gasteiger partial charge in [-0.05, 0) is 24.8 Å². The third kappa shape index (κ3) is 9.72. The third-order valence-electron chi connectivity index (χ3n) is 3.71. The lowest BCUT2D eigenvalue weighted by Gasteiger charge is -2.14. The van der Waals surface area contributed by atoms with Gasteiger partial charge in [0.25, 0.3) is 0 Å². The summed E-state index contributed by atoms with van der Waals surface area (Å²) in [5.41, 5.74) is 0.980. The molecule has 0 aromatic heterocycles. The Labute approximate surface area is 140 Å². The number of carbonyl (C=O) groups is 2. The highest BCUT2D eigenvalue weighted by molar-refractivity contribution is 5.80. The average molecular weight is 318 g/mol. The van der Waals surface area contributed by atoms with Crippen molar-refractivity contribution in [3.63, 3.8) is 0 Å². The predicted octanol–water partition coefficient (Wildman–Crippen LogP) is 3.07. The van der Waals surface area contributed by atoms with Crippen LogP contribution in [0.3, 0.4) is 0 Å². The summed E-state index contributed by atoms with van der Waals surface area (Å²) in [5.74, 6) is 0.661. The number of amides is 2. The third-order valence-corrected chi connectivity index (χ3v) is 3.71. The summed E-state index contributed by atoms with van der Waals surface area (Å²) >= 11 is 0. The first-order chi connectivity index (χ1) is 11.0. The van der Waals surface area contributed by atoms with Gasteiger partial charge in [0.2, 0.25) is 11.8 Å². The van der Waals surface area contributed by atoms with Gasteiger partial charge in [-0.1, -0.05) is 57.0 Å². The molecule has 1 atom stereocenters. The summed E-state index contributed by atoms with van der Waals surface area (Å²) < 4.78 is 0. The molecule has 4 nitrogen and oxygen atoms in total. The molecule has 2 amide bonds. The maximum Gasteiger partial charge on any atom is 0.224 e. The van der Waals surface area contributed by atoms with E-state index in [1.807, 2.05) is 37.3 Å². The summed E-state index contributed by atoms with van der Waals surface area (Å²) in [6.45, 7) is 6.84. The van der Waals surface area contributed by atoms with Gasteiger partial charge >= 0.3 is 0 Å². The Balaban J connectivity index is 2.12. The minimum Gasteiger partial charge on any atom is -0.355 e. The van der Waals surface area contributed by atoms with E-state index in [9.17, 15) is 9.59 Å². The summed E-state index contributed by atoms with van der Waals surface area (Å²) in [7, 11) is 0. The molecule has 1 rings (SSSR count). The average Bonchev–Trinajstić information content (AvgIpc) is 2.47. The summed E-state index contributed by atoms with van der Waals surface area (Å²) in [5, 5.41) is 5.78. The second-order valence-electron chi connectivity index (χ2n) is 6.56. The van der Waals surface area contributed by atoms with Crippen molar-refractivity contribution < 1.29 is 9.59 Å². The van der Waals surface area contributed by atoms with Crippen LogP contribution in [0.25, 0.3) is 0 Å². The SMILES string of the molecule is CC(C)CCCC(C)NC(=O)CCNC(=O)Cc1ccccc1. The van der Waals surface area contributed by atoms with E-state index in [2.05, 4.69) is 24.5 Å². The summed E-state index contributed by atoms with van der Waals surface area (Å²) in [4.78, 5) is 23.6. The van der Waals surface area contributed by atoms with Crippen LogP contribution in [-0.2, 0) is 16.0 Å². The van der Waals surface area contributed by atoms with Crippen molar-refractivity contribution in [3.05, 3.63) is 35.9 Å². The predicted molar refractivity (Wildman–Crippen MR) is 94.1 cm³/mol. The van der Waals surface area contributed by atoms with Crippen molar-refractivity contribution in [2.24, 2.45) is 5.92 Å². The Morgan fingerprint density at radius 1 is 1.00 bits per heavy atom. The Kier molecular flexibility index (Phi) is 9.03. The van der Waals surface area contributed by atoms with Crippen molar-refractivity contribution >= 4 is 11.8 Å². The van der Waals surface area contributed by atoms with Gasteiger partial charge in [-0.15, -0.1) is 0 Å². The van der Waals surface area contributed by atoms with Gasteiger partial charge in [-0.2, -0.15) is 0 Å². The van der Waals surface area contributed by atoms with E-state index in [1.165, 1.54) is 6.42 Å². The van der Waals surface area contributed by atoms with Crippen LogP contribution in [0.4, 0.5) is 0 Å². The Hall–Kier alpha value is -1.84. The highest BCUT2D eigenvalue weighted by Gasteiger charge is 2.08. The zero-order valence-electron chi connectivity index (χ0n) is 14.6. The van der Waals surface area contributed by atoms with E-state index in [4.69, 9.17) is 0 Å². The van der Waals surface area contributed by atoms with E-state index >= 15 is 0 Å². The minimum absolute atomic E-state index is 0.00191. The fraction of sp³-hybridized carbons (Fsp3) is 0.579. The summed E-state index contributed by atoms with van der Waals surface area (Å²) in [6, 6.07) is 9.79. The molecule has 0 aliphatic rings. The number of benzene rings is 1. The Morgan fingerprint density at radius 2 is 1.70 bits per heavy atom. The van der Waals surface area contributed by atoms with Gasteiger partial charge in [-0.25, -0.2) is 0 Å². The minimum atomic E-state index is -0.0472. The molecule has 0 radical (unpaired) electrons. The van der Waals surface area contributed by atoms with Gasteiger partial charge < -0.3 is 10.6 Å². The highest BCUT2D eigenvalue weighted by atomic mass is 16.2. The van der Waals surface area contributed by atoms with E-state index in [0.29, 0.717) is 25.3 Å². The van der Waals surface area contributed by atoms with E-state index in [1.54, 1.807) is 0 Å². The van der Waals surface area contributed by atoms with Crippen LogP contribution >= 0.6 is 0 Å². The fourth-order valence-corrected chi connectivity index (χ4v) is 2.41. The molecule has 0 bridgehead atoms. The molecule has 1 unspecified atom stereocenters. The van der Waals surface area contributed by atoms with Gasteiger partial charge in [0.05, 0.1) is 6.42 Å². The van der Waals surface area contributed by atoms with Gasteiger partial charge in [0, 0.05) is 19.0 Å². The van der Waals surface area contributed by atoms with Crippen LogP contribution in [-0.4, -0.2) is 24.4 Å². The monoisotopic (exact) mass is 318 g/mol. The first-order valence-electron chi connectivity index (χ1n) is 8.57. The lowest BCUT2D eigenvalue weighted by molar-refractivity contribution is -0.122. The van der Waals surface area contributed by atoms with E-state index in [-0.39, 0.29) is 17.9 Å². The van der Waals surface area contributed by atoms with Crippen LogP contribution in [0.15, 0.2) is 30.3 Å². The number of hydrogen-bond acceptors (Lipinski definition) is 2. The van der Waals surface area contributed by atoms with Crippen molar-refractivity contribution in [1.29, 1.82) is 0 Å². The van der Waals surface area contributed by atoms with E-state index in [0.717, 1.165) is 18.4 Å². The molecule has 0 saturated heterocycles. The molecule has 1 aromatic rings. The van der Waals surface area contributed by atoms with E-state index < -0.39 is 0 Å². The first kappa shape index (κ1) is 19.2. The van der Waals surface area contributed by atoms with Crippen LogP contribution in [0.1, 0.15) is 52.0 Å². The zero-order chi connectivity index (χ0) is 17.1. The second-order valence-corrected chi connectivity index (χ2v) is 6.56. The van der Waals surface area contributed by atoms with Crippen molar-refractivity contribution in [2.45, 2.75) is 58.9 Å². The fourth-order valence-electron chi connectivity index (χ4n) is 2.41. The largest absolute Gasteiger partial charge is 0.355 e. The number of nitrogens with one attached hydrogen (secondary N) is 2. The van der Waals surface area contributed by atoms with Crippen molar-refractivity contribution in [1.82, 2.24) is 10.6 Å². The number of rotatable bonds is 10. The molecule has 1 aromatic carbocycles. The standard InChI is InChI=1S/C19H30N2O2/c1-15(2)8-7-9-16(3)21-18(22)12-13-20-19(23)14-17-10-5-4-6-11-17/h4-6,10-11,15-16H,7-9,12-14H2,1-3H3,(H,20,23)(H,21,22). The number of hydrogen-bond donors (Lipinski definition) is 2. The van der Waals surface area contributed by atoms with Crippen molar-refractivity contribution in [3.8, 4) is 0 Å². The summed E-state index contributed by atoms with van der Waals surface area (Å²) in [6.07, 6.45) is 4.01. The molecule has 23 heavy (non-hydrogen) atoms. The smallest absolute Gasteiger partial charge is 0.224 e. The molecular weight excluding hydrogens is 288 g/mol. The van der Waals surface area contributed by atoms with Gasteiger partial charge in [0.1, 0.15) is 0 Å². The molecule has 4 heteroatoms. The lowest BCUT2D eigenvalue weighted by Crippen LogP contribution is -2.35. The molecule has 0 fully saturated rings. The van der Waals surface area contributed by atoms with Gasteiger partial charge in [-0.3, -0.25) is 9.59 Å². The number of carbonyl (C=O) groups excluding carboxylic acids is 2. The molecule has 0 heterocycles. The molecule has 2 N–H and O–H groups in total. The van der Waals surface area contributed by atoms with Crippen LogP contribution in [0, 0.1) is 5.92 Å². The first-order valence-corrected chi connectivity index (χ1v) is 8.57. The van der Waals surface area contributed by atoms with Gasteiger partial charge in [0.15, 0.2) is 0 Å². The maximum atomic E-state index is 11.8. The molecule has 0 saturated carbocycles. The lowest BCUT2D eigenvalue weighted by atomic mass is 10.0. The van der Waals surface area contributed by atoms with Crippen LogP contribution < -0.4 is 10.6 Å². The molecule has 0 aliphatic heterocycles. The Bertz CT molecular complexity index is 472. The Morgan fingerprint density at radius 3 is 2.35 bits per heavy atom. The second kappa shape index (κ2) is 10.8. The zero-order valence-corrected chi connectivity index (χ0v) is 14.6. The normalized spacial score (nSPS) is 12.0. The van der Waals surface area contributed by atoms with Crippen LogP contribution in [0.5, 0.6) is 0 Å². The molecular formula is C19H30N2O2. The highest BCUT2D eigenvalue weighted by Crippen LogP contribution is 2.08. The van der Waals surface area contributed by atoms with Crippen molar-refractivity contribution in [2.75, 3.05) is 6.54 Å². The molecule has 0 aliphatic carbocycles.